The molecular weight excluding hydrogens is 378 g/mol. The molecule has 0 unspecified atom stereocenters. The Bertz CT molecular complexity index is 911. The maximum Gasteiger partial charge on any atom is 0.240 e. The number of methoxy groups -OCH3 is 1. The summed E-state index contributed by atoms with van der Waals surface area (Å²) in [7, 11) is -0.0878. The van der Waals surface area contributed by atoms with Gasteiger partial charge in [-0.25, -0.2) is 13.1 Å². The Morgan fingerprint density at radius 3 is 2.36 bits per heavy atom. The van der Waals surface area contributed by atoms with Gasteiger partial charge in [-0.1, -0.05) is 0 Å². The van der Waals surface area contributed by atoms with E-state index in [0.29, 0.717) is 19.5 Å². The minimum atomic E-state index is -3.60. The fourth-order valence-corrected chi connectivity index (χ4v) is 4.14. The monoisotopic (exact) mass is 403 g/mol. The zero-order chi connectivity index (χ0) is 20.1. The van der Waals surface area contributed by atoms with E-state index in [1.54, 1.807) is 24.1 Å². The van der Waals surface area contributed by atoms with Crippen molar-refractivity contribution in [3.05, 3.63) is 48.5 Å². The van der Waals surface area contributed by atoms with E-state index in [2.05, 4.69) is 4.72 Å². The molecule has 2 aromatic carbocycles. The first-order chi connectivity index (χ1) is 13.4. The number of rotatable bonds is 8. The van der Waals surface area contributed by atoms with E-state index in [9.17, 15) is 13.2 Å². The Kier molecular flexibility index (Phi) is 6.21. The summed E-state index contributed by atoms with van der Waals surface area (Å²) < 4.78 is 32.8. The summed E-state index contributed by atoms with van der Waals surface area (Å²) in [6.45, 7) is 1.48. The molecular formula is C20H25N3O4S. The third-order valence-electron chi connectivity index (χ3n) is 4.78. The number of likely N-dealkylation sites (N-methyl/N-ethyl adjacent to an activating group) is 1. The number of amides is 1. The fraction of sp³-hybridized carbons (Fsp3) is 0.350. The predicted octanol–water partition coefficient (Wildman–Crippen LogP) is 2.24. The van der Waals surface area contributed by atoms with E-state index in [1.165, 1.54) is 12.1 Å². The summed E-state index contributed by atoms with van der Waals surface area (Å²) in [6.07, 6.45) is 1.38. The summed E-state index contributed by atoms with van der Waals surface area (Å²) in [5, 5.41) is 0. The Labute approximate surface area is 166 Å². The largest absolute Gasteiger partial charge is 0.497 e. The molecule has 7 nitrogen and oxygen atoms in total. The van der Waals surface area contributed by atoms with Gasteiger partial charge >= 0.3 is 0 Å². The number of sulfonamides is 1. The summed E-state index contributed by atoms with van der Waals surface area (Å²) in [4.78, 5) is 15.6. The van der Waals surface area contributed by atoms with Crippen molar-refractivity contribution in [3.8, 4) is 5.75 Å². The van der Waals surface area contributed by atoms with Crippen LogP contribution in [-0.4, -0.2) is 48.1 Å². The third-order valence-corrected chi connectivity index (χ3v) is 6.26. The van der Waals surface area contributed by atoms with Gasteiger partial charge in [0.25, 0.3) is 0 Å². The molecule has 1 saturated heterocycles. The number of ether oxygens (including phenoxy) is 1. The Morgan fingerprint density at radius 2 is 1.79 bits per heavy atom. The number of anilines is 2. The van der Waals surface area contributed by atoms with Gasteiger partial charge in [0, 0.05) is 44.5 Å². The van der Waals surface area contributed by atoms with Crippen LogP contribution in [0.5, 0.6) is 5.75 Å². The van der Waals surface area contributed by atoms with Crippen LogP contribution < -0.4 is 19.3 Å². The number of carbonyl (C=O) groups excluding carboxylic acids is 1. The van der Waals surface area contributed by atoms with Gasteiger partial charge in [0.05, 0.1) is 12.0 Å². The molecule has 0 aromatic heterocycles. The summed E-state index contributed by atoms with van der Waals surface area (Å²) in [6, 6.07) is 14.0. The normalized spacial score (nSPS) is 14.4. The molecule has 8 heteroatoms. The summed E-state index contributed by atoms with van der Waals surface area (Å²) in [5.74, 6) is 0.854. The molecule has 3 rings (SSSR count). The highest BCUT2D eigenvalue weighted by molar-refractivity contribution is 7.89. The molecule has 1 N–H and O–H groups in total. The van der Waals surface area contributed by atoms with E-state index < -0.39 is 10.0 Å². The van der Waals surface area contributed by atoms with Gasteiger partial charge in [0.2, 0.25) is 15.9 Å². The van der Waals surface area contributed by atoms with Crippen LogP contribution in [0.1, 0.15) is 12.8 Å². The quantitative estimate of drug-likeness (QED) is 0.731. The second kappa shape index (κ2) is 8.62. The molecule has 1 heterocycles. The summed E-state index contributed by atoms with van der Waals surface area (Å²) >= 11 is 0. The smallest absolute Gasteiger partial charge is 0.240 e. The number of nitrogens with zero attached hydrogens (tertiary/aromatic N) is 2. The topological polar surface area (TPSA) is 79.0 Å². The highest BCUT2D eigenvalue weighted by Crippen LogP contribution is 2.23. The van der Waals surface area contributed by atoms with Gasteiger partial charge in [0.15, 0.2) is 0 Å². The zero-order valence-corrected chi connectivity index (χ0v) is 16.9. The molecule has 1 aliphatic rings. The van der Waals surface area contributed by atoms with E-state index in [1.807, 2.05) is 36.2 Å². The van der Waals surface area contributed by atoms with Crippen molar-refractivity contribution < 1.29 is 17.9 Å². The van der Waals surface area contributed by atoms with Crippen LogP contribution >= 0.6 is 0 Å². The lowest BCUT2D eigenvalue weighted by Gasteiger charge is -2.20. The van der Waals surface area contributed by atoms with Crippen molar-refractivity contribution in [3.63, 3.8) is 0 Å². The number of benzene rings is 2. The minimum Gasteiger partial charge on any atom is -0.497 e. The van der Waals surface area contributed by atoms with Crippen LogP contribution in [-0.2, 0) is 14.8 Å². The molecule has 28 heavy (non-hydrogen) atoms. The molecule has 1 fully saturated rings. The number of hydrogen-bond donors (Lipinski definition) is 1. The van der Waals surface area contributed by atoms with Gasteiger partial charge in [0.1, 0.15) is 5.75 Å². The Morgan fingerprint density at radius 1 is 1.11 bits per heavy atom. The summed E-state index contributed by atoms with van der Waals surface area (Å²) in [5.41, 5.74) is 1.71. The van der Waals surface area contributed by atoms with Crippen LogP contribution in [0.25, 0.3) is 0 Å². The third kappa shape index (κ3) is 4.63. The molecule has 0 bridgehead atoms. The lowest BCUT2D eigenvalue weighted by Crippen LogP contribution is -2.33. The van der Waals surface area contributed by atoms with Gasteiger partial charge in [-0.2, -0.15) is 0 Å². The molecule has 0 saturated carbocycles. The van der Waals surface area contributed by atoms with E-state index in [-0.39, 0.29) is 17.3 Å². The molecule has 0 spiro atoms. The molecule has 150 valence electrons. The van der Waals surface area contributed by atoms with E-state index >= 15 is 0 Å². The zero-order valence-electron chi connectivity index (χ0n) is 16.1. The van der Waals surface area contributed by atoms with Crippen molar-refractivity contribution in [1.29, 1.82) is 0 Å². The average Bonchev–Trinajstić information content (AvgIpc) is 3.14. The number of nitrogens with one attached hydrogen (secondary N) is 1. The minimum absolute atomic E-state index is 0.0790. The Hall–Kier alpha value is -2.58. The molecule has 2 aromatic rings. The maximum absolute atomic E-state index is 12.5. The van der Waals surface area contributed by atoms with Crippen LogP contribution in [0.15, 0.2) is 53.4 Å². The molecule has 0 radical (unpaired) electrons. The number of carbonyl (C=O) groups is 1. The number of hydrogen-bond acceptors (Lipinski definition) is 5. The van der Waals surface area contributed by atoms with Gasteiger partial charge in [-0.3, -0.25) is 4.79 Å². The second-order valence-electron chi connectivity index (χ2n) is 6.66. The van der Waals surface area contributed by atoms with Crippen molar-refractivity contribution in [1.82, 2.24) is 4.72 Å². The fourth-order valence-electron chi connectivity index (χ4n) is 3.12. The van der Waals surface area contributed by atoms with Crippen LogP contribution in [0.2, 0.25) is 0 Å². The molecule has 1 aliphatic heterocycles. The second-order valence-corrected chi connectivity index (χ2v) is 8.43. The standard InChI is InChI=1S/C20H25N3O4S/c1-22(16-5-9-18(27-2)10-6-16)15-13-21-28(25,26)19-11-7-17(8-12-19)23-14-3-4-20(23)24/h5-12,21H,3-4,13-15H2,1-2H3. The van der Waals surface area contributed by atoms with Crippen molar-refractivity contribution in [2.24, 2.45) is 0 Å². The first-order valence-electron chi connectivity index (χ1n) is 9.16. The molecule has 0 atom stereocenters. The lowest BCUT2D eigenvalue weighted by molar-refractivity contribution is -0.117. The Balaban J connectivity index is 1.56. The van der Waals surface area contributed by atoms with Crippen LogP contribution in [0.3, 0.4) is 0 Å². The molecule has 1 amide bonds. The first kappa shape index (κ1) is 20.2. The van der Waals surface area contributed by atoms with E-state index in [4.69, 9.17) is 4.74 Å². The first-order valence-corrected chi connectivity index (χ1v) is 10.6. The average molecular weight is 404 g/mol. The van der Waals surface area contributed by atoms with Crippen molar-refractivity contribution >= 4 is 27.3 Å². The van der Waals surface area contributed by atoms with E-state index in [0.717, 1.165) is 23.5 Å². The lowest BCUT2D eigenvalue weighted by atomic mass is 10.3. The van der Waals surface area contributed by atoms with Crippen LogP contribution in [0, 0.1) is 0 Å². The van der Waals surface area contributed by atoms with Gasteiger partial charge in [-0.05, 0) is 55.0 Å². The molecule has 0 aliphatic carbocycles. The highest BCUT2D eigenvalue weighted by atomic mass is 32.2. The van der Waals surface area contributed by atoms with Crippen molar-refractivity contribution in [2.45, 2.75) is 17.7 Å². The maximum atomic E-state index is 12.5. The SMILES string of the molecule is COc1ccc(N(C)CCNS(=O)(=O)c2ccc(N3CCCC3=O)cc2)cc1. The predicted molar refractivity (Wildman–Crippen MR) is 109 cm³/mol. The van der Waals surface area contributed by atoms with Gasteiger partial charge < -0.3 is 14.5 Å². The van der Waals surface area contributed by atoms with Crippen molar-refractivity contribution in [2.75, 3.05) is 43.6 Å². The van der Waals surface area contributed by atoms with Gasteiger partial charge in [-0.15, -0.1) is 0 Å². The highest BCUT2D eigenvalue weighted by Gasteiger charge is 2.22. The van der Waals surface area contributed by atoms with Crippen LogP contribution in [0.4, 0.5) is 11.4 Å².